The quantitative estimate of drug-likeness (QED) is 0.912. The van der Waals surface area contributed by atoms with Crippen LogP contribution in [0.2, 0.25) is 0 Å². The zero-order chi connectivity index (χ0) is 12.1. The molecule has 2 rings (SSSR count). The lowest BCUT2D eigenvalue weighted by Gasteiger charge is -2.35. The van der Waals surface area contributed by atoms with Crippen LogP contribution in [-0.2, 0) is 6.54 Å². The van der Waals surface area contributed by atoms with Crippen molar-refractivity contribution in [1.29, 1.82) is 0 Å². The van der Waals surface area contributed by atoms with Gasteiger partial charge in [-0.25, -0.2) is 0 Å². The van der Waals surface area contributed by atoms with Crippen molar-refractivity contribution in [2.24, 2.45) is 5.73 Å². The van der Waals surface area contributed by atoms with Crippen LogP contribution < -0.4 is 5.73 Å². The summed E-state index contributed by atoms with van der Waals surface area (Å²) in [4.78, 5) is 4.99. The third-order valence-electron chi connectivity index (χ3n) is 3.26. The van der Waals surface area contributed by atoms with Gasteiger partial charge < -0.3 is 5.73 Å². The lowest BCUT2D eigenvalue weighted by molar-refractivity contribution is 0.123. The van der Waals surface area contributed by atoms with Gasteiger partial charge in [0.2, 0.25) is 0 Å². The molecule has 1 atom stereocenters. The number of halogens is 3. The Labute approximate surface area is 141 Å². The van der Waals surface area contributed by atoms with Gasteiger partial charge in [-0.2, -0.15) is 0 Å². The molecule has 118 valence electrons. The van der Waals surface area contributed by atoms with Gasteiger partial charge in [-0.3, -0.25) is 9.80 Å². The standard InChI is InChI=1S/C14H23N3.3ClH/c1-13(15)11-16-7-9-17(10-8-16)12-14-5-3-2-4-6-14;;;/h2-6,13H,7-12,15H2,1H3;3*1H/t13-;;;/m0.../s1. The molecule has 0 amide bonds. The Morgan fingerprint density at radius 3 is 1.95 bits per heavy atom. The first-order valence-electron chi connectivity index (χ1n) is 6.48. The molecule has 0 bridgehead atoms. The number of nitrogens with zero attached hydrogens (tertiary/aromatic N) is 2. The van der Waals surface area contributed by atoms with E-state index in [0.717, 1.165) is 39.3 Å². The molecule has 0 aromatic heterocycles. The van der Waals surface area contributed by atoms with E-state index in [4.69, 9.17) is 5.73 Å². The number of rotatable bonds is 4. The zero-order valence-corrected chi connectivity index (χ0v) is 14.4. The molecular formula is C14H26Cl3N3. The molecule has 0 aliphatic carbocycles. The van der Waals surface area contributed by atoms with Gasteiger partial charge in [0.05, 0.1) is 0 Å². The Morgan fingerprint density at radius 1 is 0.950 bits per heavy atom. The van der Waals surface area contributed by atoms with Gasteiger partial charge in [-0.05, 0) is 12.5 Å². The van der Waals surface area contributed by atoms with Crippen molar-refractivity contribution in [3.05, 3.63) is 35.9 Å². The summed E-state index contributed by atoms with van der Waals surface area (Å²) in [6.45, 7) is 8.79. The Bertz CT molecular complexity index is 328. The lowest BCUT2D eigenvalue weighted by Crippen LogP contribution is -2.48. The molecule has 3 nitrogen and oxygen atoms in total. The summed E-state index contributed by atoms with van der Waals surface area (Å²) in [5, 5.41) is 0. The van der Waals surface area contributed by atoms with Crippen molar-refractivity contribution in [2.45, 2.75) is 19.5 Å². The van der Waals surface area contributed by atoms with E-state index in [-0.39, 0.29) is 43.3 Å². The second-order valence-corrected chi connectivity index (χ2v) is 5.04. The SMILES string of the molecule is C[C@H](N)CN1CCN(Cc2ccccc2)CC1.Cl.Cl.Cl. The van der Waals surface area contributed by atoms with Crippen LogP contribution in [-0.4, -0.2) is 48.6 Å². The van der Waals surface area contributed by atoms with Crippen molar-refractivity contribution in [1.82, 2.24) is 9.80 Å². The third-order valence-corrected chi connectivity index (χ3v) is 3.26. The molecule has 1 aromatic rings. The minimum absolute atomic E-state index is 0. The number of hydrogen-bond acceptors (Lipinski definition) is 3. The maximum absolute atomic E-state index is 5.83. The second kappa shape index (κ2) is 11.6. The summed E-state index contributed by atoms with van der Waals surface area (Å²) in [5.41, 5.74) is 7.24. The van der Waals surface area contributed by atoms with E-state index in [9.17, 15) is 0 Å². The van der Waals surface area contributed by atoms with Gasteiger partial charge in [0, 0.05) is 45.3 Å². The van der Waals surface area contributed by atoms with Crippen molar-refractivity contribution in [3.63, 3.8) is 0 Å². The van der Waals surface area contributed by atoms with Gasteiger partial charge in [0.15, 0.2) is 0 Å². The van der Waals surface area contributed by atoms with Crippen LogP contribution >= 0.6 is 37.2 Å². The van der Waals surface area contributed by atoms with Crippen LogP contribution in [0.3, 0.4) is 0 Å². The maximum Gasteiger partial charge on any atom is 0.0234 e. The first-order valence-corrected chi connectivity index (χ1v) is 6.48. The zero-order valence-electron chi connectivity index (χ0n) is 11.9. The van der Waals surface area contributed by atoms with E-state index in [1.807, 2.05) is 0 Å². The van der Waals surface area contributed by atoms with Gasteiger partial charge in [0.1, 0.15) is 0 Å². The topological polar surface area (TPSA) is 32.5 Å². The molecule has 0 radical (unpaired) electrons. The summed E-state index contributed by atoms with van der Waals surface area (Å²) < 4.78 is 0. The minimum Gasteiger partial charge on any atom is -0.327 e. The monoisotopic (exact) mass is 341 g/mol. The van der Waals surface area contributed by atoms with E-state index in [2.05, 4.69) is 47.1 Å². The van der Waals surface area contributed by atoms with Crippen molar-refractivity contribution >= 4 is 37.2 Å². The van der Waals surface area contributed by atoms with Crippen LogP contribution in [0.5, 0.6) is 0 Å². The van der Waals surface area contributed by atoms with E-state index in [0.29, 0.717) is 0 Å². The molecule has 6 heteroatoms. The Morgan fingerprint density at radius 2 is 1.45 bits per heavy atom. The van der Waals surface area contributed by atoms with E-state index >= 15 is 0 Å². The average Bonchev–Trinajstić information content (AvgIpc) is 2.32. The summed E-state index contributed by atoms with van der Waals surface area (Å²) in [7, 11) is 0. The summed E-state index contributed by atoms with van der Waals surface area (Å²) >= 11 is 0. The maximum atomic E-state index is 5.83. The molecule has 0 spiro atoms. The number of nitrogens with two attached hydrogens (primary N) is 1. The van der Waals surface area contributed by atoms with Crippen LogP contribution in [0.1, 0.15) is 12.5 Å². The number of benzene rings is 1. The first-order chi connectivity index (χ1) is 8.24. The third kappa shape index (κ3) is 7.67. The van der Waals surface area contributed by atoms with Gasteiger partial charge >= 0.3 is 0 Å². The second-order valence-electron chi connectivity index (χ2n) is 5.04. The predicted octanol–water partition coefficient (Wildman–Crippen LogP) is 2.42. The molecule has 1 fully saturated rings. The highest BCUT2D eigenvalue weighted by Gasteiger charge is 2.17. The van der Waals surface area contributed by atoms with Gasteiger partial charge in [0.25, 0.3) is 0 Å². The fraction of sp³-hybridized carbons (Fsp3) is 0.571. The van der Waals surface area contributed by atoms with Gasteiger partial charge in [-0.1, -0.05) is 30.3 Å². The van der Waals surface area contributed by atoms with Crippen LogP contribution in [0.4, 0.5) is 0 Å². The minimum atomic E-state index is 0. The van der Waals surface area contributed by atoms with E-state index in [1.165, 1.54) is 5.56 Å². The molecule has 0 saturated carbocycles. The predicted molar refractivity (Wildman–Crippen MR) is 93.6 cm³/mol. The normalized spacial score (nSPS) is 17.3. The van der Waals surface area contributed by atoms with Crippen molar-refractivity contribution in [3.8, 4) is 0 Å². The Kier molecular flexibility index (Phi) is 12.9. The molecular weight excluding hydrogens is 317 g/mol. The Hall–Kier alpha value is -0.0300. The van der Waals surface area contributed by atoms with Crippen molar-refractivity contribution < 1.29 is 0 Å². The highest BCUT2D eigenvalue weighted by atomic mass is 35.5. The van der Waals surface area contributed by atoms with E-state index < -0.39 is 0 Å². The van der Waals surface area contributed by atoms with Crippen LogP contribution in [0.15, 0.2) is 30.3 Å². The smallest absolute Gasteiger partial charge is 0.0234 e. The highest BCUT2D eigenvalue weighted by molar-refractivity contribution is 5.86. The summed E-state index contributed by atoms with van der Waals surface area (Å²) in [6, 6.07) is 11.0. The molecule has 0 unspecified atom stereocenters. The molecule has 20 heavy (non-hydrogen) atoms. The van der Waals surface area contributed by atoms with E-state index in [1.54, 1.807) is 0 Å². The largest absolute Gasteiger partial charge is 0.327 e. The highest BCUT2D eigenvalue weighted by Crippen LogP contribution is 2.08. The van der Waals surface area contributed by atoms with Gasteiger partial charge in [-0.15, -0.1) is 37.2 Å². The van der Waals surface area contributed by atoms with Crippen LogP contribution in [0, 0.1) is 0 Å². The molecule has 1 aromatic carbocycles. The van der Waals surface area contributed by atoms with Crippen molar-refractivity contribution in [2.75, 3.05) is 32.7 Å². The molecule has 1 heterocycles. The average molecular weight is 343 g/mol. The Balaban J connectivity index is 0. The summed E-state index contributed by atoms with van der Waals surface area (Å²) in [6.07, 6.45) is 0. The summed E-state index contributed by atoms with van der Waals surface area (Å²) in [5.74, 6) is 0. The molecule has 1 saturated heterocycles. The fourth-order valence-corrected chi connectivity index (χ4v) is 2.38. The van der Waals surface area contributed by atoms with Crippen LogP contribution in [0.25, 0.3) is 0 Å². The molecule has 2 N–H and O–H groups in total. The number of hydrogen-bond donors (Lipinski definition) is 1. The fourth-order valence-electron chi connectivity index (χ4n) is 2.38. The molecule has 1 aliphatic heterocycles. The first kappa shape index (κ1) is 22.3. The number of piperazine rings is 1. The lowest BCUT2D eigenvalue weighted by atomic mass is 10.2. The molecule has 1 aliphatic rings.